The van der Waals surface area contributed by atoms with Gasteiger partial charge in [-0.25, -0.2) is 0 Å². The predicted octanol–water partition coefficient (Wildman–Crippen LogP) is 5.21. The van der Waals surface area contributed by atoms with Crippen molar-refractivity contribution in [2.24, 2.45) is 0 Å². The van der Waals surface area contributed by atoms with Crippen molar-refractivity contribution in [3.05, 3.63) is 113 Å². The van der Waals surface area contributed by atoms with E-state index in [1.807, 2.05) is 6.07 Å². The lowest BCUT2D eigenvalue weighted by atomic mass is 9.87. The fourth-order valence-electron chi connectivity index (χ4n) is 4.42. The number of hydrogen-bond donors (Lipinski definition) is 1. The lowest BCUT2D eigenvalue weighted by Crippen LogP contribution is -2.37. The van der Waals surface area contributed by atoms with Crippen molar-refractivity contribution in [3.8, 4) is 5.75 Å². The molecule has 0 bridgehead atoms. The lowest BCUT2D eigenvalue weighted by molar-refractivity contribution is -0.127. The third-order valence-corrected chi connectivity index (χ3v) is 6.17. The van der Waals surface area contributed by atoms with Gasteiger partial charge >= 0.3 is 0 Å². The predicted molar refractivity (Wildman–Crippen MR) is 133 cm³/mol. The van der Waals surface area contributed by atoms with Crippen LogP contribution in [0.2, 0.25) is 0 Å². The van der Waals surface area contributed by atoms with Gasteiger partial charge < -0.3 is 10.1 Å². The molecule has 1 aliphatic rings. The molecule has 0 spiro atoms. The maximum Gasteiger partial charge on any atom is 0.261 e. The Bertz CT molecular complexity index is 1090. The number of rotatable bonds is 8. The molecule has 170 valence electrons. The second-order valence-corrected chi connectivity index (χ2v) is 8.67. The molecule has 4 nitrogen and oxygen atoms in total. The molecule has 1 amide bonds. The quantitative estimate of drug-likeness (QED) is 0.489. The molecule has 33 heavy (non-hydrogen) atoms. The van der Waals surface area contributed by atoms with Crippen LogP contribution >= 0.6 is 0 Å². The summed E-state index contributed by atoms with van der Waals surface area (Å²) in [6.45, 7) is 9.83. The Morgan fingerprint density at radius 1 is 1.15 bits per heavy atom. The Balaban J connectivity index is 1.63. The van der Waals surface area contributed by atoms with Gasteiger partial charge in [-0.1, -0.05) is 72.3 Å². The van der Waals surface area contributed by atoms with Gasteiger partial charge in [-0.3, -0.25) is 9.69 Å². The molecule has 1 aliphatic heterocycles. The van der Waals surface area contributed by atoms with Crippen LogP contribution in [0.15, 0.2) is 85.5 Å². The summed E-state index contributed by atoms with van der Waals surface area (Å²) in [5.41, 5.74) is 6.43. The molecule has 0 saturated carbocycles. The Morgan fingerprint density at radius 3 is 2.64 bits per heavy atom. The SMILES string of the molecule is C=CCNC(=O)[C@H](C)Oc1ccc2c(c1)[C@H](c1ccccc1)N(Cc1ccc(C)cc1)CC2. The van der Waals surface area contributed by atoms with Crippen LogP contribution in [-0.4, -0.2) is 30.0 Å². The number of carbonyl (C=O) groups excluding carboxylic acids is 1. The second kappa shape index (κ2) is 10.5. The maximum absolute atomic E-state index is 12.3. The number of carbonyl (C=O) groups is 1. The van der Waals surface area contributed by atoms with Crippen LogP contribution in [-0.2, 0) is 17.8 Å². The molecule has 1 heterocycles. The lowest BCUT2D eigenvalue weighted by Gasteiger charge is -2.38. The molecule has 3 aromatic carbocycles. The molecule has 4 rings (SSSR count). The molecule has 0 aliphatic carbocycles. The molecule has 3 aromatic rings. The van der Waals surface area contributed by atoms with Crippen LogP contribution < -0.4 is 10.1 Å². The van der Waals surface area contributed by atoms with Crippen LogP contribution in [0.25, 0.3) is 0 Å². The standard InChI is InChI=1S/C29H32N2O2/c1-4-17-30-29(32)22(3)33-26-15-14-24-16-18-31(20-23-12-10-21(2)11-13-23)28(27(24)19-26)25-8-6-5-7-9-25/h4-15,19,22,28H,1,16-18,20H2,2-3H3,(H,30,32)/t22-,28-/m0/s1. The number of nitrogens with zero attached hydrogens (tertiary/aromatic N) is 1. The van der Waals surface area contributed by atoms with Gasteiger partial charge in [0.1, 0.15) is 5.75 Å². The fourth-order valence-corrected chi connectivity index (χ4v) is 4.42. The highest BCUT2D eigenvalue weighted by Crippen LogP contribution is 2.38. The number of amides is 1. The average Bonchev–Trinajstić information content (AvgIpc) is 2.84. The van der Waals surface area contributed by atoms with Crippen molar-refractivity contribution in [2.45, 2.75) is 39.0 Å². The average molecular weight is 441 g/mol. The van der Waals surface area contributed by atoms with Gasteiger partial charge in [-0.2, -0.15) is 0 Å². The Morgan fingerprint density at radius 2 is 1.91 bits per heavy atom. The first kappa shape index (κ1) is 22.8. The monoisotopic (exact) mass is 440 g/mol. The molecular formula is C29H32N2O2. The molecule has 0 fully saturated rings. The smallest absolute Gasteiger partial charge is 0.261 e. The Labute approximate surface area is 196 Å². The molecule has 2 atom stereocenters. The van der Waals surface area contributed by atoms with Crippen LogP contribution in [0.3, 0.4) is 0 Å². The van der Waals surface area contributed by atoms with E-state index < -0.39 is 6.10 Å². The van der Waals surface area contributed by atoms with Gasteiger partial charge in [0.15, 0.2) is 6.10 Å². The van der Waals surface area contributed by atoms with Gasteiger partial charge in [0, 0.05) is 19.6 Å². The number of fused-ring (bicyclic) bond motifs is 1. The Kier molecular flexibility index (Phi) is 7.26. The molecule has 0 saturated heterocycles. The first-order chi connectivity index (χ1) is 16.0. The zero-order valence-corrected chi connectivity index (χ0v) is 19.5. The fraction of sp³-hybridized carbons (Fsp3) is 0.276. The molecular weight excluding hydrogens is 408 g/mol. The molecule has 0 unspecified atom stereocenters. The zero-order valence-electron chi connectivity index (χ0n) is 19.5. The minimum atomic E-state index is -0.578. The van der Waals surface area contributed by atoms with Crippen molar-refractivity contribution >= 4 is 5.91 Å². The van der Waals surface area contributed by atoms with E-state index >= 15 is 0 Å². The van der Waals surface area contributed by atoms with Gasteiger partial charge in [0.25, 0.3) is 5.91 Å². The van der Waals surface area contributed by atoms with Crippen molar-refractivity contribution in [1.82, 2.24) is 10.2 Å². The second-order valence-electron chi connectivity index (χ2n) is 8.67. The summed E-state index contributed by atoms with van der Waals surface area (Å²) >= 11 is 0. The minimum absolute atomic E-state index is 0.129. The highest BCUT2D eigenvalue weighted by molar-refractivity contribution is 5.80. The summed E-state index contributed by atoms with van der Waals surface area (Å²) < 4.78 is 6.03. The number of hydrogen-bond acceptors (Lipinski definition) is 3. The van der Waals surface area contributed by atoms with Gasteiger partial charge in [0.05, 0.1) is 6.04 Å². The van der Waals surface area contributed by atoms with Crippen molar-refractivity contribution in [3.63, 3.8) is 0 Å². The number of nitrogens with one attached hydrogen (secondary N) is 1. The van der Waals surface area contributed by atoms with E-state index in [0.29, 0.717) is 12.3 Å². The highest BCUT2D eigenvalue weighted by Gasteiger charge is 2.29. The van der Waals surface area contributed by atoms with Crippen molar-refractivity contribution in [1.29, 1.82) is 0 Å². The summed E-state index contributed by atoms with van der Waals surface area (Å²) in [6, 6.07) is 25.8. The third kappa shape index (κ3) is 5.52. The van der Waals surface area contributed by atoms with E-state index in [9.17, 15) is 4.79 Å². The summed E-state index contributed by atoms with van der Waals surface area (Å²) in [5.74, 6) is 0.571. The molecule has 0 aromatic heterocycles. The van der Waals surface area contributed by atoms with Crippen LogP contribution in [0.4, 0.5) is 0 Å². The number of benzene rings is 3. The van der Waals surface area contributed by atoms with Crippen molar-refractivity contribution < 1.29 is 9.53 Å². The molecule has 4 heteroatoms. The van der Waals surface area contributed by atoms with E-state index in [-0.39, 0.29) is 11.9 Å². The topological polar surface area (TPSA) is 41.6 Å². The van der Waals surface area contributed by atoms with E-state index in [0.717, 1.165) is 19.5 Å². The first-order valence-electron chi connectivity index (χ1n) is 11.6. The third-order valence-electron chi connectivity index (χ3n) is 6.17. The normalized spacial score (nSPS) is 16.5. The van der Waals surface area contributed by atoms with E-state index in [1.54, 1.807) is 13.0 Å². The Hall–Kier alpha value is -3.37. The van der Waals surface area contributed by atoms with E-state index in [2.05, 4.69) is 90.4 Å². The van der Waals surface area contributed by atoms with Crippen LogP contribution in [0.1, 0.15) is 40.8 Å². The van der Waals surface area contributed by atoms with Crippen LogP contribution in [0, 0.1) is 6.92 Å². The number of aryl methyl sites for hydroxylation is 1. The number of ether oxygens (including phenoxy) is 1. The molecule has 1 N–H and O–H groups in total. The zero-order chi connectivity index (χ0) is 23.2. The minimum Gasteiger partial charge on any atom is -0.481 e. The first-order valence-corrected chi connectivity index (χ1v) is 11.6. The summed E-state index contributed by atoms with van der Waals surface area (Å²) in [5, 5.41) is 2.80. The summed E-state index contributed by atoms with van der Waals surface area (Å²) in [6.07, 6.45) is 2.07. The van der Waals surface area contributed by atoms with Gasteiger partial charge in [-0.05, 0) is 54.7 Å². The van der Waals surface area contributed by atoms with Gasteiger partial charge in [0.2, 0.25) is 0 Å². The van der Waals surface area contributed by atoms with E-state index in [1.165, 1.54) is 27.8 Å². The molecule has 0 radical (unpaired) electrons. The summed E-state index contributed by atoms with van der Waals surface area (Å²) in [7, 11) is 0. The van der Waals surface area contributed by atoms with Gasteiger partial charge in [-0.15, -0.1) is 6.58 Å². The maximum atomic E-state index is 12.3. The highest BCUT2D eigenvalue weighted by atomic mass is 16.5. The van der Waals surface area contributed by atoms with Crippen molar-refractivity contribution in [2.75, 3.05) is 13.1 Å². The summed E-state index contributed by atoms with van der Waals surface area (Å²) in [4.78, 5) is 14.8. The largest absolute Gasteiger partial charge is 0.481 e. The van der Waals surface area contributed by atoms with E-state index in [4.69, 9.17) is 4.74 Å². The van der Waals surface area contributed by atoms with Crippen LogP contribution in [0.5, 0.6) is 5.75 Å².